The summed E-state index contributed by atoms with van der Waals surface area (Å²) in [4.78, 5) is 21.3. The number of fused-ring (bicyclic) bond motifs is 1. The van der Waals surface area contributed by atoms with Gasteiger partial charge in [0.15, 0.2) is 11.3 Å². The van der Waals surface area contributed by atoms with Gasteiger partial charge in [0, 0.05) is 17.1 Å². The first-order valence-electron chi connectivity index (χ1n) is 7.66. The molecule has 0 saturated heterocycles. The van der Waals surface area contributed by atoms with Crippen molar-refractivity contribution in [3.63, 3.8) is 0 Å². The van der Waals surface area contributed by atoms with Crippen molar-refractivity contribution in [1.82, 2.24) is 14.4 Å². The zero-order valence-corrected chi connectivity index (χ0v) is 13.6. The largest absolute Gasteiger partial charge is 0.321 e. The van der Waals surface area contributed by atoms with Crippen molar-refractivity contribution in [2.45, 2.75) is 13.8 Å². The monoisotopic (exact) mass is 318 g/mol. The number of carbonyl (C=O) groups excluding carboxylic acids is 1. The van der Waals surface area contributed by atoms with E-state index in [2.05, 4.69) is 15.3 Å². The molecule has 5 heteroatoms. The number of imidazole rings is 1. The molecule has 1 N–H and O–H groups in total. The van der Waals surface area contributed by atoms with Crippen LogP contribution in [0, 0.1) is 13.8 Å². The molecule has 0 atom stereocenters. The quantitative estimate of drug-likeness (QED) is 0.783. The molecule has 3 rings (SSSR count). The lowest BCUT2D eigenvalue weighted by atomic mass is 10.3. The molecule has 0 aliphatic heterocycles. The van der Waals surface area contributed by atoms with Gasteiger partial charge in [0.05, 0.1) is 0 Å². The van der Waals surface area contributed by atoms with Gasteiger partial charge in [-0.2, -0.15) is 0 Å². The maximum atomic E-state index is 12.6. The lowest BCUT2D eigenvalue weighted by Gasteiger charge is -2.04. The van der Waals surface area contributed by atoms with Gasteiger partial charge in [-0.05, 0) is 32.0 Å². The third kappa shape index (κ3) is 3.41. The smallest absolute Gasteiger partial charge is 0.278 e. The Bertz CT molecular complexity index is 920. The van der Waals surface area contributed by atoms with E-state index in [1.54, 1.807) is 6.33 Å². The molecule has 3 aromatic rings. The van der Waals surface area contributed by atoms with Crippen LogP contribution in [0.3, 0.4) is 0 Å². The first kappa shape index (κ1) is 15.7. The molecule has 0 fully saturated rings. The van der Waals surface area contributed by atoms with Gasteiger partial charge in [0.2, 0.25) is 0 Å². The molecule has 0 saturated carbocycles. The van der Waals surface area contributed by atoms with Gasteiger partial charge in [0.25, 0.3) is 5.91 Å². The highest BCUT2D eigenvalue weighted by atomic mass is 16.1. The van der Waals surface area contributed by atoms with Crippen molar-refractivity contribution in [2.75, 3.05) is 5.32 Å². The number of carbonyl (C=O) groups is 1. The van der Waals surface area contributed by atoms with Crippen LogP contribution in [-0.2, 0) is 0 Å². The van der Waals surface area contributed by atoms with Gasteiger partial charge < -0.3 is 5.32 Å². The number of hydrogen-bond donors (Lipinski definition) is 1. The molecule has 0 aliphatic carbocycles. The zero-order valence-electron chi connectivity index (χ0n) is 13.6. The number of rotatable bonds is 2. The molecular formula is C19H18N4O. The van der Waals surface area contributed by atoms with E-state index in [1.165, 1.54) is 0 Å². The fourth-order valence-corrected chi connectivity index (χ4v) is 2.41. The minimum atomic E-state index is -0.282. The molecule has 1 amide bonds. The van der Waals surface area contributed by atoms with Crippen molar-refractivity contribution >= 4 is 17.2 Å². The van der Waals surface area contributed by atoms with Crippen LogP contribution in [0.5, 0.6) is 0 Å². The molecule has 2 aromatic heterocycles. The average molecular weight is 318 g/mol. The summed E-state index contributed by atoms with van der Waals surface area (Å²) < 4.78 is 1.81. The summed E-state index contributed by atoms with van der Waals surface area (Å²) in [5.41, 5.74) is 3.40. The molecule has 5 nitrogen and oxygen atoms in total. The van der Waals surface area contributed by atoms with E-state index in [9.17, 15) is 4.79 Å². The van der Waals surface area contributed by atoms with Gasteiger partial charge >= 0.3 is 0 Å². The second-order valence-corrected chi connectivity index (χ2v) is 5.42. The molecule has 0 spiro atoms. The minimum absolute atomic E-state index is 0.282. The fourth-order valence-electron chi connectivity index (χ4n) is 2.41. The number of nitrogens with one attached hydrogen (secondary N) is 1. The van der Waals surface area contributed by atoms with E-state index in [0.717, 1.165) is 11.4 Å². The Hall–Kier alpha value is -3.21. The van der Waals surface area contributed by atoms with Crippen molar-refractivity contribution in [3.05, 3.63) is 84.1 Å². The Morgan fingerprint density at radius 2 is 1.62 bits per heavy atom. The number of hydrogen-bond acceptors (Lipinski definition) is 3. The van der Waals surface area contributed by atoms with Crippen LogP contribution in [0.2, 0.25) is 0 Å². The molecule has 24 heavy (non-hydrogen) atoms. The predicted molar refractivity (Wildman–Crippen MR) is 94.5 cm³/mol. The van der Waals surface area contributed by atoms with E-state index in [-0.39, 0.29) is 5.91 Å². The standard InChI is InChI=1S/C19H18N4O/c1-14-12-15(2)23-13-20-17(18(23)21-14)19(24)22-16-10-8-6-4-3-5-7-9-11-16/h3-13H,1-2H3,(H,22,24). The van der Waals surface area contributed by atoms with Gasteiger partial charge in [-0.1, -0.05) is 42.5 Å². The van der Waals surface area contributed by atoms with E-state index in [0.29, 0.717) is 17.0 Å². The summed E-state index contributed by atoms with van der Waals surface area (Å²) in [6.45, 7) is 3.86. The molecule has 0 bridgehead atoms. The number of nitrogens with zero attached hydrogens (tertiary/aromatic N) is 3. The van der Waals surface area contributed by atoms with Crippen molar-refractivity contribution < 1.29 is 4.79 Å². The Balaban J connectivity index is 1.97. The third-order valence-corrected chi connectivity index (χ3v) is 3.51. The van der Waals surface area contributed by atoms with Crippen molar-refractivity contribution in [2.24, 2.45) is 0 Å². The third-order valence-electron chi connectivity index (χ3n) is 3.51. The van der Waals surface area contributed by atoms with E-state index < -0.39 is 0 Å². The summed E-state index contributed by atoms with van der Waals surface area (Å²) in [5.74, 6) is -0.282. The second kappa shape index (κ2) is 6.91. The first-order valence-corrected chi connectivity index (χ1v) is 7.66. The topological polar surface area (TPSA) is 59.3 Å². The Morgan fingerprint density at radius 1 is 1.00 bits per heavy atom. The Morgan fingerprint density at radius 3 is 2.29 bits per heavy atom. The zero-order chi connectivity index (χ0) is 16.9. The van der Waals surface area contributed by atoms with Crippen LogP contribution in [-0.4, -0.2) is 20.3 Å². The number of anilines is 1. The summed E-state index contributed by atoms with van der Waals surface area (Å²) in [5, 5.41) is 2.88. The average Bonchev–Trinajstić information content (AvgIpc) is 2.97. The van der Waals surface area contributed by atoms with E-state index >= 15 is 0 Å². The second-order valence-electron chi connectivity index (χ2n) is 5.42. The highest BCUT2D eigenvalue weighted by Gasteiger charge is 2.15. The fraction of sp³-hybridized carbons (Fsp3) is 0.105. The summed E-state index contributed by atoms with van der Waals surface area (Å²) in [7, 11) is 0. The lowest BCUT2D eigenvalue weighted by Crippen LogP contribution is -2.13. The molecule has 2 heterocycles. The van der Waals surface area contributed by atoms with Crippen LogP contribution >= 0.6 is 0 Å². The highest BCUT2D eigenvalue weighted by Crippen LogP contribution is 2.13. The number of aryl methyl sites for hydroxylation is 2. The molecule has 0 unspecified atom stereocenters. The predicted octanol–water partition coefficient (Wildman–Crippen LogP) is 3.72. The minimum Gasteiger partial charge on any atom is -0.321 e. The molecular weight excluding hydrogens is 300 g/mol. The number of amides is 1. The molecule has 0 radical (unpaired) electrons. The van der Waals surface area contributed by atoms with Gasteiger partial charge in [-0.3, -0.25) is 9.20 Å². The first-order chi connectivity index (χ1) is 11.6. The molecule has 1 aromatic carbocycles. The summed E-state index contributed by atoms with van der Waals surface area (Å²) in [6.07, 6.45) is 1.62. The lowest BCUT2D eigenvalue weighted by molar-refractivity contribution is 0.102. The van der Waals surface area contributed by atoms with Gasteiger partial charge in [0.1, 0.15) is 6.33 Å². The van der Waals surface area contributed by atoms with Crippen LogP contribution in [0.25, 0.3) is 5.65 Å². The van der Waals surface area contributed by atoms with E-state index in [4.69, 9.17) is 0 Å². The molecule has 0 aliphatic rings. The van der Waals surface area contributed by atoms with Crippen LogP contribution in [0.15, 0.2) is 67.0 Å². The van der Waals surface area contributed by atoms with E-state index in [1.807, 2.05) is 78.9 Å². The van der Waals surface area contributed by atoms with Crippen molar-refractivity contribution in [3.8, 4) is 0 Å². The van der Waals surface area contributed by atoms with Crippen molar-refractivity contribution in [1.29, 1.82) is 0 Å². The van der Waals surface area contributed by atoms with Gasteiger partial charge in [-0.15, -0.1) is 0 Å². The highest BCUT2D eigenvalue weighted by molar-refractivity contribution is 6.06. The molecule has 120 valence electrons. The summed E-state index contributed by atoms with van der Waals surface area (Å²) >= 11 is 0. The number of aromatic nitrogens is 3. The Kier molecular flexibility index (Phi) is 4.52. The maximum Gasteiger partial charge on any atom is 0.278 e. The summed E-state index contributed by atoms with van der Waals surface area (Å²) in [6, 6.07) is 18.9. The van der Waals surface area contributed by atoms with Crippen LogP contribution in [0.4, 0.5) is 5.69 Å². The van der Waals surface area contributed by atoms with Crippen LogP contribution < -0.4 is 5.32 Å². The SMILES string of the molecule is Cc1cc(C)n2cnc(C(=O)Nc3ccccccccc3)c2n1. The van der Waals surface area contributed by atoms with Gasteiger partial charge in [-0.25, -0.2) is 9.97 Å². The maximum absolute atomic E-state index is 12.6. The van der Waals surface area contributed by atoms with Crippen LogP contribution in [0.1, 0.15) is 21.9 Å². The normalized spacial score (nSPS) is 10.2. The Labute approximate surface area is 140 Å².